The predicted molar refractivity (Wildman–Crippen MR) is 57.3 cm³/mol. The van der Waals surface area contributed by atoms with Crippen molar-refractivity contribution in [3.63, 3.8) is 0 Å². The van der Waals surface area contributed by atoms with Gasteiger partial charge in [0.2, 0.25) is 0 Å². The highest BCUT2D eigenvalue weighted by Crippen LogP contribution is 2.22. The largest absolute Gasteiger partial charge is 0.395 e. The van der Waals surface area contributed by atoms with Crippen molar-refractivity contribution in [3.05, 3.63) is 36.3 Å². The second kappa shape index (κ2) is 4.23. The van der Waals surface area contributed by atoms with Crippen molar-refractivity contribution in [1.82, 2.24) is 4.98 Å². The van der Waals surface area contributed by atoms with Crippen LogP contribution in [0.15, 0.2) is 30.5 Å². The van der Waals surface area contributed by atoms with Gasteiger partial charge >= 0.3 is 0 Å². The van der Waals surface area contributed by atoms with Crippen molar-refractivity contribution in [3.8, 4) is 0 Å². The molecule has 4 heteroatoms. The number of pyridine rings is 1. The number of benzene rings is 1. The van der Waals surface area contributed by atoms with Gasteiger partial charge < -0.3 is 10.4 Å². The van der Waals surface area contributed by atoms with E-state index in [2.05, 4.69) is 10.3 Å². The van der Waals surface area contributed by atoms with Gasteiger partial charge in [-0.3, -0.25) is 4.98 Å². The molecule has 2 rings (SSSR count). The molecule has 0 aliphatic carbocycles. The van der Waals surface area contributed by atoms with Crippen LogP contribution in [0.3, 0.4) is 0 Å². The molecule has 0 aliphatic heterocycles. The maximum Gasteiger partial charge on any atom is 0.149 e. The SMILES string of the molecule is OCCNc1ccnc2c(F)cccc12. The monoisotopic (exact) mass is 206 g/mol. The molecule has 0 spiro atoms. The molecule has 0 saturated carbocycles. The summed E-state index contributed by atoms with van der Waals surface area (Å²) in [6.45, 7) is 0.481. The number of hydrogen-bond acceptors (Lipinski definition) is 3. The van der Waals surface area contributed by atoms with E-state index in [0.29, 0.717) is 12.1 Å². The van der Waals surface area contributed by atoms with Gasteiger partial charge in [0.1, 0.15) is 11.3 Å². The van der Waals surface area contributed by atoms with E-state index in [1.54, 1.807) is 24.4 Å². The first-order valence-corrected chi connectivity index (χ1v) is 4.71. The molecule has 2 aromatic rings. The zero-order chi connectivity index (χ0) is 10.7. The molecule has 15 heavy (non-hydrogen) atoms. The van der Waals surface area contributed by atoms with E-state index < -0.39 is 0 Å². The Hall–Kier alpha value is -1.68. The van der Waals surface area contributed by atoms with Crippen LogP contribution < -0.4 is 5.32 Å². The van der Waals surface area contributed by atoms with E-state index in [-0.39, 0.29) is 12.4 Å². The normalized spacial score (nSPS) is 10.5. The molecule has 3 nitrogen and oxygen atoms in total. The van der Waals surface area contributed by atoms with Gasteiger partial charge in [-0.25, -0.2) is 4.39 Å². The van der Waals surface area contributed by atoms with Gasteiger partial charge in [0, 0.05) is 23.8 Å². The van der Waals surface area contributed by atoms with Gasteiger partial charge in [0.15, 0.2) is 0 Å². The molecule has 1 aromatic heterocycles. The minimum absolute atomic E-state index is 0.0408. The molecule has 1 aromatic carbocycles. The molecule has 0 unspecified atom stereocenters. The first kappa shape index (κ1) is 9.86. The standard InChI is InChI=1S/C11H11FN2O/c12-9-3-1-2-8-10(13-6-7-15)4-5-14-11(8)9/h1-5,15H,6-7H2,(H,13,14). The molecule has 0 saturated heterocycles. The first-order chi connectivity index (χ1) is 7.33. The molecule has 0 bridgehead atoms. The maximum absolute atomic E-state index is 13.3. The minimum Gasteiger partial charge on any atom is -0.395 e. The Kier molecular flexibility index (Phi) is 2.78. The fourth-order valence-electron chi connectivity index (χ4n) is 1.48. The molecule has 0 aliphatic rings. The lowest BCUT2D eigenvalue weighted by atomic mass is 10.2. The summed E-state index contributed by atoms with van der Waals surface area (Å²) in [6, 6.07) is 6.58. The van der Waals surface area contributed by atoms with Gasteiger partial charge in [-0.15, -0.1) is 0 Å². The Balaban J connectivity index is 2.51. The Labute approximate surface area is 86.6 Å². The number of nitrogens with one attached hydrogen (secondary N) is 1. The topological polar surface area (TPSA) is 45.1 Å². The Bertz CT molecular complexity index is 473. The molecular weight excluding hydrogens is 195 g/mol. The zero-order valence-electron chi connectivity index (χ0n) is 8.07. The highest BCUT2D eigenvalue weighted by Gasteiger charge is 2.04. The number of halogens is 1. The molecular formula is C11H11FN2O. The van der Waals surface area contributed by atoms with Crippen molar-refractivity contribution in [2.24, 2.45) is 0 Å². The number of aliphatic hydroxyl groups is 1. The number of hydrogen-bond donors (Lipinski definition) is 2. The molecule has 2 N–H and O–H groups in total. The lowest BCUT2D eigenvalue weighted by Crippen LogP contribution is -2.06. The zero-order valence-corrected chi connectivity index (χ0v) is 8.07. The van der Waals surface area contributed by atoms with Crippen LogP contribution in [-0.4, -0.2) is 23.2 Å². The summed E-state index contributed by atoms with van der Waals surface area (Å²) in [4.78, 5) is 3.97. The minimum atomic E-state index is -0.333. The maximum atomic E-state index is 13.3. The smallest absolute Gasteiger partial charge is 0.149 e. The Morgan fingerprint density at radius 1 is 1.33 bits per heavy atom. The third-order valence-corrected chi connectivity index (χ3v) is 2.15. The lowest BCUT2D eigenvalue weighted by Gasteiger charge is -2.07. The fraction of sp³-hybridized carbons (Fsp3) is 0.182. The van der Waals surface area contributed by atoms with E-state index in [1.807, 2.05) is 0 Å². The van der Waals surface area contributed by atoms with Crippen LogP contribution in [0.2, 0.25) is 0 Å². The van der Waals surface area contributed by atoms with Crippen LogP contribution in [0, 0.1) is 5.82 Å². The summed E-state index contributed by atoms with van der Waals surface area (Å²) < 4.78 is 13.3. The van der Waals surface area contributed by atoms with Crippen LogP contribution in [0.25, 0.3) is 10.9 Å². The highest BCUT2D eigenvalue weighted by molar-refractivity contribution is 5.91. The van der Waals surface area contributed by atoms with Gasteiger partial charge in [0.25, 0.3) is 0 Å². The van der Waals surface area contributed by atoms with E-state index in [1.165, 1.54) is 6.07 Å². The summed E-state index contributed by atoms with van der Waals surface area (Å²) in [5.74, 6) is -0.333. The van der Waals surface area contributed by atoms with Crippen molar-refractivity contribution in [2.45, 2.75) is 0 Å². The van der Waals surface area contributed by atoms with Crippen LogP contribution in [0.1, 0.15) is 0 Å². The third kappa shape index (κ3) is 1.89. The van der Waals surface area contributed by atoms with Crippen molar-refractivity contribution >= 4 is 16.6 Å². The molecule has 0 fully saturated rings. The predicted octanol–water partition coefficient (Wildman–Crippen LogP) is 1.78. The van der Waals surface area contributed by atoms with Gasteiger partial charge in [-0.2, -0.15) is 0 Å². The number of aromatic nitrogens is 1. The number of fused-ring (bicyclic) bond motifs is 1. The summed E-state index contributed by atoms with van der Waals surface area (Å²) in [7, 11) is 0. The Morgan fingerprint density at radius 2 is 2.20 bits per heavy atom. The second-order valence-corrected chi connectivity index (χ2v) is 3.14. The number of aliphatic hydroxyl groups excluding tert-OH is 1. The van der Waals surface area contributed by atoms with Gasteiger partial charge in [-0.05, 0) is 12.1 Å². The van der Waals surface area contributed by atoms with Crippen molar-refractivity contribution in [1.29, 1.82) is 0 Å². The lowest BCUT2D eigenvalue weighted by molar-refractivity contribution is 0.311. The van der Waals surface area contributed by atoms with Crippen molar-refractivity contribution < 1.29 is 9.50 Å². The average molecular weight is 206 g/mol. The molecule has 1 heterocycles. The highest BCUT2D eigenvalue weighted by atomic mass is 19.1. The van der Waals surface area contributed by atoms with E-state index in [0.717, 1.165) is 11.1 Å². The summed E-state index contributed by atoms with van der Waals surface area (Å²) in [5, 5.41) is 12.4. The summed E-state index contributed by atoms with van der Waals surface area (Å²) in [6.07, 6.45) is 1.55. The fourth-order valence-corrected chi connectivity index (χ4v) is 1.48. The van der Waals surface area contributed by atoms with Gasteiger partial charge in [-0.1, -0.05) is 12.1 Å². The van der Waals surface area contributed by atoms with E-state index in [9.17, 15) is 4.39 Å². The third-order valence-electron chi connectivity index (χ3n) is 2.15. The van der Waals surface area contributed by atoms with Crippen LogP contribution in [-0.2, 0) is 0 Å². The number of para-hydroxylation sites is 1. The van der Waals surface area contributed by atoms with Crippen LogP contribution >= 0.6 is 0 Å². The van der Waals surface area contributed by atoms with E-state index >= 15 is 0 Å². The average Bonchev–Trinajstić information content (AvgIpc) is 2.27. The van der Waals surface area contributed by atoms with Crippen LogP contribution in [0.4, 0.5) is 10.1 Å². The van der Waals surface area contributed by atoms with Crippen LogP contribution in [0.5, 0.6) is 0 Å². The molecule has 0 atom stereocenters. The number of nitrogens with zero attached hydrogens (tertiary/aromatic N) is 1. The Morgan fingerprint density at radius 3 is 3.00 bits per heavy atom. The summed E-state index contributed by atoms with van der Waals surface area (Å²) in [5.41, 5.74) is 1.13. The number of anilines is 1. The number of rotatable bonds is 3. The molecule has 0 amide bonds. The molecule has 78 valence electrons. The van der Waals surface area contributed by atoms with Gasteiger partial charge in [0.05, 0.1) is 6.61 Å². The summed E-state index contributed by atoms with van der Waals surface area (Å²) >= 11 is 0. The quantitative estimate of drug-likeness (QED) is 0.804. The van der Waals surface area contributed by atoms with E-state index in [4.69, 9.17) is 5.11 Å². The first-order valence-electron chi connectivity index (χ1n) is 4.71. The second-order valence-electron chi connectivity index (χ2n) is 3.14. The molecule has 0 radical (unpaired) electrons. The van der Waals surface area contributed by atoms with Crippen molar-refractivity contribution in [2.75, 3.05) is 18.5 Å².